The maximum atomic E-state index is 12.2. The van der Waals surface area contributed by atoms with Crippen molar-refractivity contribution in [3.05, 3.63) is 38.5 Å². The van der Waals surface area contributed by atoms with Crippen LogP contribution in [-0.2, 0) is 0 Å². The van der Waals surface area contributed by atoms with Gasteiger partial charge >= 0.3 is 0 Å². The fraction of sp³-hybridized carbons (Fsp3) is 0.143. The maximum absolute atomic E-state index is 12.2. The molecule has 2 heterocycles. The minimum absolute atomic E-state index is 0.329. The zero-order valence-electron chi connectivity index (χ0n) is 11.4. The van der Waals surface area contributed by atoms with E-state index in [4.69, 9.17) is 27.9 Å². The third-order valence-electron chi connectivity index (χ3n) is 2.80. The molecule has 0 saturated heterocycles. The number of thiophene rings is 1. The Morgan fingerprint density at radius 3 is 2.86 bits per heavy atom. The normalized spacial score (nSPS) is 10.9. The quantitative estimate of drug-likeness (QED) is 0.674. The summed E-state index contributed by atoms with van der Waals surface area (Å²) in [6.07, 6.45) is 0. The molecule has 3 aromatic rings. The first-order chi connectivity index (χ1) is 10.6. The van der Waals surface area contributed by atoms with Crippen molar-refractivity contribution in [3.63, 3.8) is 0 Å². The van der Waals surface area contributed by atoms with Crippen molar-refractivity contribution in [2.45, 2.75) is 6.92 Å². The highest BCUT2D eigenvalue weighted by Gasteiger charge is 2.17. The number of benzene rings is 1. The van der Waals surface area contributed by atoms with Gasteiger partial charge in [-0.2, -0.15) is 0 Å². The largest absolute Gasteiger partial charge is 0.492 e. The highest BCUT2D eigenvalue weighted by Crippen LogP contribution is 2.34. The van der Waals surface area contributed by atoms with E-state index in [9.17, 15) is 4.79 Å². The summed E-state index contributed by atoms with van der Waals surface area (Å²) in [4.78, 5) is 16.6. The number of fused-ring (bicyclic) bond motifs is 1. The van der Waals surface area contributed by atoms with E-state index in [1.165, 1.54) is 11.3 Å². The number of hydrogen-bond donors (Lipinski definition) is 1. The van der Waals surface area contributed by atoms with Gasteiger partial charge in [0.25, 0.3) is 5.91 Å². The van der Waals surface area contributed by atoms with Crippen molar-refractivity contribution in [3.8, 4) is 5.75 Å². The molecule has 1 aromatic carbocycles. The number of nitrogens with zero attached hydrogens (tertiary/aromatic N) is 1. The monoisotopic (exact) mass is 372 g/mol. The molecule has 114 valence electrons. The van der Waals surface area contributed by atoms with Crippen LogP contribution in [0, 0.1) is 0 Å². The summed E-state index contributed by atoms with van der Waals surface area (Å²) >= 11 is 14.4. The molecule has 1 amide bonds. The molecule has 22 heavy (non-hydrogen) atoms. The van der Waals surface area contributed by atoms with Crippen LogP contribution in [0.3, 0.4) is 0 Å². The summed E-state index contributed by atoms with van der Waals surface area (Å²) in [7, 11) is 0. The van der Waals surface area contributed by atoms with Gasteiger partial charge in [0.1, 0.15) is 15.6 Å². The van der Waals surface area contributed by atoms with Crippen molar-refractivity contribution in [1.29, 1.82) is 0 Å². The SMILES string of the molecule is CCOc1cccc2sc(NC(=O)c3cc(Cl)sc3Cl)nc12. The van der Waals surface area contributed by atoms with Crippen LogP contribution >= 0.6 is 45.9 Å². The van der Waals surface area contributed by atoms with E-state index in [0.717, 1.165) is 21.6 Å². The molecule has 0 aliphatic heterocycles. The Bertz CT molecular complexity index is 845. The molecule has 0 saturated carbocycles. The lowest BCUT2D eigenvalue weighted by Crippen LogP contribution is -2.10. The zero-order chi connectivity index (χ0) is 15.7. The Hall–Kier alpha value is -1.34. The van der Waals surface area contributed by atoms with E-state index in [1.807, 2.05) is 25.1 Å². The van der Waals surface area contributed by atoms with E-state index in [1.54, 1.807) is 6.07 Å². The van der Waals surface area contributed by atoms with Gasteiger partial charge in [-0.25, -0.2) is 4.98 Å². The summed E-state index contributed by atoms with van der Waals surface area (Å²) in [6, 6.07) is 7.22. The molecule has 4 nitrogen and oxygen atoms in total. The highest BCUT2D eigenvalue weighted by molar-refractivity contribution is 7.22. The number of hydrogen-bond acceptors (Lipinski definition) is 5. The summed E-state index contributed by atoms with van der Waals surface area (Å²) in [5.74, 6) is 0.374. The first-order valence-electron chi connectivity index (χ1n) is 6.37. The molecular weight excluding hydrogens is 363 g/mol. The Morgan fingerprint density at radius 1 is 1.36 bits per heavy atom. The lowest BCUT2D eigenvalue weighted by atomic mass is 10.3. The molecule has 0 spiro atoms. The topological polar surface area (TPSA) is 51.2 Å². The summed E-state index contributed by atoms with van der Waals surface area (Å²) in [5, 5.41) is 3.24. The molecule has 0 aliphatic rings. The van der Waals surface area contributed by atoms with Crippen LogP contribution in [0.1, 0.15) is 17.3 Å². The number of rotatable bonds is 4. The predicted molar refractivity (Wildman–Crippen MR) is 93.1 cm³/mol. The van der Waals surface area contributed by atoms with Gasteiger partial charge in [-0.15, -0.1) is 11.3 Å². The Morgan fingerprint density at radius 2 is 2.18 bits per heavy atom. The summed E-state index contributed by atoms with van der Waals surface area (Å²) in [6.45, 7) is 2.47. The number of nitrogens with one attached hydrogen (secondary N) is 1. The molecule has 3 rings (SSSR count). The Labute approximate surface area is 144 Å². The van der Waals surface area contributed by atoms with Gasteiger partial charge in [-0.05, 0) is 25.1 Å². The van der Waals surface area contributed by atoms with Crippen molar-refractivity contribution >= 4 is 67.1 Å². The van der Waals surface area contributed by atoms with E-state index >= 15 is 0 Å². The standard InChI is InChI=1S/C14H10Cl2N2O2S2/c1-2-20-8-4-3-5-9-11(8)17-14(21-9)18-13(19)7-6-10(15)22-12(7)16/h3-6H,2H2,1H3,(H,17,18,19). The zero-order valence-corrected chi connectivity index (χ0v) is 14.5. The third-order valence-corrected chi connectivity index (χ3v) is 5.23. The fourth-order valence-corrected chi connectivity index (χ4v) is 4.25. The molecule has 2 aromatic heterocycles. The first kappa shape index (κ1) is 15.6. The molecule has 0 atom stereocenters. The summed E-state index contributed by atoms with van der Waals surface area (Å²) in [5.41, 5.74) is 1.08. The van der Waals surface area contributed by atoms with Crippen LogP contribution in [0.5, 0.6) is 5.75 Å². The molecule has 0 fully saturated rings. The van der Waals surface area contributed by atoms with E-state index < -0.39 is 0 Å². The number of halogens is 2. The lowest BCUT2D eigenvalue weighted by molar-refractivity contribution is 0.102. The van der Waals surface area contributed by atoms with Gasteiger partial charge in [-0.1, -0.05) is 40.6 Å². The number of para-hydroxylation sites is 1. The van der Waals surface area contributed by atoms with E-state index in [2.05, 4.69) is 10.3 Å². The molecule has 0 radical (unpaired) electrons. The van der Waals surface area contributed by atoms with Crippen LogP contribution in [0.4, 0.5) is 5.13 Å². The van der Waals surface area contributed by atoms with Crippen LogP contribution in [0.15, 0.2) is 24.3 Å². The first-order valence-corrected chi connectivity index (χ1v) is 8.76. The minimum atomic E-state index is -0.329. The number of carbonyl (C=O) groups is 1. The second kappa shape index (κ2) is 6.42. The van der Waals surface area contributed by atoms with Gasteiger partial charge in [0.05, 0.1) is 21.2 Å². The van der Waals surface area contributed by atoms with E-state index in [0.29, 0.717) is 31.7 Å². The highest BCUT2D eigenvalue weighted by atomic mass is 35.5. The van der Waals surface area contributed by atoms with Crippen molar-refractivity contribution in [1.82, 2.24) is 4.98 Å². The fourth-order valence-electron chi connectivity index (χ4n) is 1.91. The van der Waals surface area contributed by atoms with Crippen molar-refractivity contribution < 1.29 is 9.53 Å². The second-order valence-corrected chi connectivity index (χ2v) is 7.56. The smallest absolute Gasteiger partial charge is 0.259 e. The minimum Gasteiger partial charge on any atom is -0.492 e. The number of anilines is 1. The molecule has 0 bridgehead atoms. The van der Waals surface area contributed by atoms with Crippen LogP contribution < -0.4 is 10.1 Å². The molecule has 1 N–H and O–H groups in total. The number of thiazole rings is 1. The third kappa shape index (κ3) is 3.05. The Balaban J connectivity index is 1.89. The van der Waals surface area contributed by atoms with Gasteiger partial charge in [0.2, 0.25) is 0 Å². The number of aromatic nitrogens is 1. The molecule has 0 aliphatic carbocycles. The number of ether oxygens (including phenoxy) is 1. The predicted octanol–water partition coefficient (Wildman–Crippen LogP) is 5.32. The van der Waals surface area contributed by atoms with Crippen molar-refractivity contribution in [2.24, 2.45) is 0 Å². The molecule has 0 unspecified atom stereocenters. The maximum Gasteiger partial charge on any atom is 0.259 e. The summed E-state index contributed by atoms with van der Waals surface area (Å²) < 4.78 is 7.31. The van der Waals surface area contributed by atoms with Crippen molar-refractivity contribution in [2.75, 3.05) is 11.9 Å². The average molecular weight is 373 g/mol. The van der Waals surface area contributed by atoms with Gasteiger partial charge in [-0.3, -0.25) is 10.1 Å². The number of amides is 1. The van der Waals surface area contributed by atoms with Crippen LogP contribution in [0.2, 0.25) is 8.67 Å². The van der Waals surface area contributed by atoms with Gasteiger partial charge in [0, 0.05) is 0 Å². The lowest BCUT2D eigenvalue weighted by Gasteiger charge is -2.02. The average Bonchev–Trinajstić information content (AvgIpc) is 3.02. The second-order valence-electron chi connectivity index (χ2n) is 4.25. The van der Waals surface area contributed by atoms with Gasteiger partial charge in [0.15, 0.2) is 5.13 Å². The van der Waals surface area contributed by atoms with Gasteiger partial charge < -0.3 is 4.74 Å². The van der Waals surface area contributed by atoms with Crippen LogP contribution in [-0.4, -0.2) is 17.5 Å². The molecular formula is C14H10Cl2N2O2S2. The Kier molecular flexibility index (Phi) is 4.54. The van der Waals surface area contributed by atoms with E-state index in [-0.39, 0.29) is 5.91 Å². The van der Waals surface area contributed by atoms with Crippen LogP contribution in [0.25, 0.3) is 10.2 Å². The number of carbonyl (C=O) groups excluding carboxylic acids is 1. The molecule has 8 heteroatoms.